The Bertz CT molecular complexity index is 1560. The number of fused-ring (bicyclic) bond motifs is 1. The van der Waals surface area contributed by atoms with Crippen molar-refractivity contribution in [1.82, 2.24) is 14.5 Å². The number of nitrogens with zero attached hydrogens (tertiary/aromatic N) is 3. The average Bonchev–Trinajstić information content (AvgIpc) is 3.31. The maximum Gasteiger partial charge on any atom is 0.255 e. The number of rotatable bonds is 8. The second-order valence-corrected chi connectivity index (χ2v) is 8.55. The summed E-state index contributed by atoms with van der Waals surface area (Å²) in [6.45, 7) is 1.12. The number of para-hydroxylation sites is 2. The van der Waals surface area contributed by atoms with E-state index in [9.17, 15) is 4.79 Å². The van der Waals surface area contributed by atoms with Crippen LogP contribution >= 0.6 is 0 Å². The smallest absolute Gasteiger partial charge is 0.255 e. The summed E-state index contributed by atoms with van der Waals surface area (Å²) in [6, 6.07) is 24.4. The van der Waals surface area contributed by atoms with Gasteiger partial charge in [-0.3, -0.25) is 4.79 Å². The van der Waals surface area contributed by atoms with Crippen molar-refractivity contribution in [2.45, 2.75) is 13.1 Å². The number of amides is 1. The monoisotopic (exact) mass is 493 g/mol. The minimum absolute atomic E-state index is 0.188. The number of ether oxygens (including phenoxy) is 1. The summed E-state index contributed by atoms with van der Waals surface area (Å²) in [5, 5.41) is 7.08. The van der Waals surface area contributed by atoms with Gasteiger partial charge in [0.05, 0.1) is 23.9 Å². The van der Waals surface area contributed by atoms with Crippen LogP contribution < -0.4 is 26.8 Å². The molecule has 0 saturated carbocycles. The third-order valence-electron chi connectivity index (χ3n) is 6.01. The number of nitrogens with two attached hydrogens (primary N) is 2. The molecule has 6 N–H and O–H groups in total. The number of hydrogen-bond donors (Lipinski definition) is 4. The fourth-order valence-corrected chi connectivity index (χ4v) is 4.08. The van der Waals surface area contributed by atoms with Crippen LogP contribution in [0.5, 0.6) is 5.75 Å². The summed E-state index contributed by atoms with van der Waals surface area (Å²) < 4.78 is 7.31. The maximum atomic E-state index is 12.6. The fraction of sp³-hybridized carbons (Fsp3) is 0.107. The molecule has 0 aliphatic carbocycles. The van der Waals surface area contributed by atoms with Crippen LogP contribution in [0.3, 0.4) is 0 Å². The normalized spacial score (nSPS) is 10.8. The zero-order chi connectivity index (χ0) is 25.8. The average molecular weight is 494 g/mol. The Morgan fingerprint density at radius 1 is 0.946 bits per heavy atom. The molecule has 0 fully saturated rings. The zero-order valence-corrected chi connectivity index (χ0v) is 20.3. The highest BCUT2D eigenvalue weighted by Gasteiger charge is 2.12. The van der Waals surface area contributed by atoms with E-state index < -0.39 is 0 Å². The highest BCUT2D eigenvalue weighted by Crippen LogP contribution is 2.25. The third-order valence-corrected chi connectivity index (χ3v) is 6.01. The predicted octanol–water partition coefficient (Wildman–Crippen LogP) is 4.52. The number of carbonyl (C=O) groups is 1. The Labute approximate surface area is 214 Å². The van der Waals surface area contributed by atoms with Crippen molar-refractivity contribution in [2.24, 2.45) is 0 Å². The van der Waals surface area contributed by atoms with E-state index in [1.54, 1.807) is 31.4 Å². The topological polar surface area (TPSA) is 133 Å². The molecular formula is C28H27N7O2. The molecule has 0 atom stereocenters. The van der Waals surface area contributed by atoms with Crippen LogP contribution in [0.25, 0.3) is 11.0 Å². The standard InChI is InChI=1S/C28H27N7O2/c1-37-21-6-4-5-19(15-21)16-31-25-22-13-14-35(26(22)34-28(30)33-25)17-18-9-11-20(12-10-18)27(36)32-24-8-3-2-7-23(24)29/h2-15H,16-17,29H2,1H3,(H,32,36)(H3,30,31,33,34). The van der Waals surface area contributed by atoms with Crippen LogP contribution in [0.4, 0.5) is 23.1 Å². The lowest BCUT2D eigenvalue weighted by molar-refractivity contribution is 0.102. The van der Waals surface area contributed by atoms with Gasteiger partial charge < -0.3 is 31.4 Å². The van der Waals surface area contributed by atoms with E-state index in [0.717, 1.165) is 27.9 Å². The van der Waals surface area contributed by atoms with Crippen molar-refractivity contribution in [3.05, 3.63) is 102 Å². The molecule has 186 valence electrons. The molecule has 9 heteroatoms. The second kappa shape index (κ2) is 10.3. The minimum atomic E-state index is -0.219. The lowest BCUT2D eigenvalue weighted by Crippen LogP contribution is -2.13. The lowest BCUT2D eigenvalue weighted by Gasteiger charge is -2.11. The van der Waals surface area contributed by atoms with Crippen molar-refractivity contribution >= 4 is 40.1 Å². The van der Waals surface area contributed by atoms with Gasteiger partial charge in [-0.25, -0.2) is 0 Å². The van der Waals surface area contributed by atoms with Crippen LogP contribution in [-0.4, -0.2) is 27.6 Å². The maximum absolute atomic E-state index is 12.6. The third kappa shape index (κ3) is 5.30. The Hall–Kier alpha value is -5.05. The first-order chi connectivity index (χ1) is 18.0. The summed E-state index contributed by atoms with van der Waals surface area (Å²) in [6.07, 6.45) is 1.95. The van der Waals surface area contributed by atoms with Crippen LogP contribution in [0.2, 0.25) is 0 Å². The van der Waals surface area contributed by atoms with Crippen LogP contribution in [-0.2, 0) is 13.1 Å². The number of aromatic nitrogens is 3. The molecule has 5 rings (SSSR count). The molecule has 2 aromatic heterocycles. The first kappa shape index (κ1) is 23.7. The molecule has 0 spiro atoms. The Morgan fingerprint density at radius 3 is 2.54 bits per heavy atom. The van der Waals surface area contributed by atoms with Crippen LogP contribution in [0.15, 0.2) is 85.1 Å². The second-order valence-electron chi connectivity index (χ2n) is 8.55. The van der Waals surface area contributed by atoms with Gasteiger partial charge in [0.15, 0.2) is 0 Å². The molecule has 9 nitrogen and oxygen atoms in total. The van der Waals surface area contributed by atoms with Gasteiger partial charge in [0, 0.05) is 24.8 Å². The lowest BCUT2D eigenvalue weighted by atomic mass is 10.1. The summed E-state index contributed by atoms with van der Waals surface area (Å²) in [5.74, 6) is 1.43. The summed E-state index contributed by atoms with van der Waals surface area (Å²) >= 11 is 0. The van der Waals surface area contributed by atoms with Gasteiger partial charge in [0.25, 0.3) is 5.91 Å². The molecule has 5 aromatic rings. The highest BCUT2D eigenvalue weighted by atomic mass is 16.5. The van der Waals surface area contributed by atoms with Gasteiger partial charge >= 0.3 is 0 Å². The van der Waals surface area contributed by atoms with E-state index in [0.29, 0.717) is 35.8 Å². The van der Waals surface area contributed by atoms with Gasteiger partial charge in [-0.2, -0.15) is 9.97 Å². The number of methoxy groups -OCH3 is 1. The molecule has 37 heavy (non-hydrogen) atoms. The Morgan fingerprint density at radius 2 is 1.76 bits per heavy atom. The van der Waals surface area contributed by atoms with E-state index in [2.05, 4.69) is 20.6 Å². The molecule has 0 aliphatic heterocycles. The molecule has 2 heterocycles. The van der Waals surface area contributed by atoms with E-state index >= 15 is 0 Å². The van der Waals surface area contributed by atoms with Gasteiger partial charge in [0.1, 0.15) is 17.2 Å². The largest absolute Gasteiger partial charge is 0.497 e. The molecule has 1 amide bonds. The summed E-state index contributed by atoms with van der Waals surface area (Å²) in [5.41, 5.74) is 16.4. The molecular weight excluding hydrogens is 466 g/mol. The highest BCUT2D eigenvalue weighted by molar-refractivity contribution is 6.05. The van der Waals surface area contributed by atoms with Crippen molar-refractivity contribution in [3.63, 3.8) is 0 Å². The van der Waals surface area contributed by atoms with E-state index in [4.69, 9.17) is 16.2 Å². The SMILES string of the molecule is COc1cccc(CNc2nc(N)nc3c2ccn3Cc2ccc(C(=O)Nc3ccccc3N)cc2)c1. The number of nitrogen functional groups attached to an aromatic ring is 2. The van der Waals surface area contributed by atoms with Crippen molar-refractivity contribution in [2.75, 3.05) is 29.2 Å². The number of benzene rings is 3. The fourth-order valence-electron chi connectivity index (χ4n) is 4.08. The number of carbonyl (C=O) groups excluding carboxylic acids is 1. The molecule has 0 saturated heterocycles. The Balaban J connectivity index is 1.31. The zero-order valence-electron chi connectivity index (χ0n) is 20.3. The van der Waals surface area contributed by atoms with Gasteiger partial charge in [-0.15, -0.1) is 0 Å². The molecule has 0 unspecified atom stereocenters. The molecule has 0 radical (unpaired) electrons. The molecule has 0 aliphatic rings. The minimum Gasteiger partial charge on any atom is -0.497 e. The van der Waals surface area contributed by atoms with E-state index in [-0.39, 0.29) is 11.9 Å². The van der Waals surface area contributed by atoms with Crippen molar-refractivity contribution in [3.8, 4) is 5.75 Å². The number of anilines is 4. The molecule has 0 bridgehead atoms. The Kier molecular flexibility index (Phi) is 6.58. The number of hydrogen-bond acceptors (Lipinski definition) is 7. The van der Waals surface area contributed by atoms with E-state index in [1.807, 2.05) is 65.4 Å². The summed E-state index contributed by atoms with van der Waals surface area (Å²) in [4.78, 5) is 21.5. The number of nitrogens with one attached hydrogen (secondary N) is 2. The van der Waals surface area contributed by atoms with Crippen molar-refractivity contribution < 1.29 is 9.53 Å². The first-order valence-corrected chi connectivity index (χ1v) is 11.7. The van der Waals surface area contributed by atoms with Crippen LogP contribution in [0.1, 0.15) is 21.5 Å². The van der Waals surface area contributed by atoms with Crippen LogP contribution in [0, 0.1) is 0 Å². The predicted molar refractivity (Wildman–Crippen MR) is 147 cm³/mol. The first-order valence-electron chi connectivity index (χ1n) is 11.7. The quantitative estimate of drug-likeness (QED) is 0.234. The van der Waals surface area contributed by atoms with E-state index in [1.165, 1.54) is 0 Å². The van der Waals surface area contributed by atoms with Gasteiger partial charge in [0.2, 0.25) is 5.95 Å². The molecule has 3 aromatic carbocycles. The summed E-state index contributed by atoms with van der Waals surface area (Å²) in [7, 11) is 1.65. The van der Waals surface area contributed by atoms with Gasteiger partial charge in [-0.05, 0) is 53.6 Å². The van der Waals surface area contributed by atoms with Gasteiger partial charge in [-0.1, -0.05) is 36.4 Å². The van der Waals surface area contributed by atoms with Crippen molar-refractivity contribution in [1.29, 1.82) is 0 Å².